The number of hydrogen-bond donors (Lipinski definition) is 2. The Morgan fingerprint density at radius 2 is 1.27 bits per heavy atom. The van der Waals surface area contributed by atoms with Gasteiger partial charge in [-0.2, -0.15) is 0 Å². The number of para-hydroxylation sites is 1. The maximum Gasteiger partial charge on any atom is 0.349 e. The Morgan fingerprint density at radius 3 is 1.76 bits per heavy atom. The van der Waals surface area contributed by atoms with Crippen LogP contribution in [0.2, 0.25) is 10.0 Å². The van der Waals surface area contributed by atoms with Gasteiger partial charge in [-0.1, -0.05) is 41.4 Å². The zero-order valence-electron chi connectivity index (χ0n) is 19.4. The highest BCUT2D eigenvalue weighted by atomic mass is 35.5. The van der Waals surface area contributed by atoms with Crippen molar-refractivity contribution in [1.29, 1.82) is 0 Å². The number of amides is 1. The summed E-state index contributed by atoms with van der Waals surface area (Å²) in [5.41, 5.74) is 0.555. The molecule has 2 atom stereocenters. The zero-order valence-corrected chi connectivity index (χ0v) is 20.9. The van der Waals surface area contributed by atoms with E-state index in [1.807, 2.05) is 0 Å². The lowest BCUT2D eigenvalue weighted by atomic mass is 10.1. The monoisotopic (exact) mass is 545 g/mol. The van der Waals surface area contributed by atoms with E-state index in [0.717, 1.165) is 0 Å². The average molecular weight is 546 g/mol. The Kier molecular flexibility index (Phi) is 9.48. The molecule has 11 heteroatoms. The van der Waals surface area contributed by atoms with Gasteiger partial charge in [0.2, 0.25) is 12.2 Å². The molecule has 37 heavy (non-hydrogen) atoms. The Bertz CT molecular complexity index is 1280. The van der Waals surface area contributed by atoms with E-state index in [0.29, 0.717) is 21.4 Å². The maximum absolute atomic E-state index is 13.1. The number of methoxy groups -OCH3 is 1. The molecule has 2 N–H and O–H groups in total. The van der Waals surface area contributed by atoms with Crippen molar-refractivity contribution >= 4 is 47.0 Å². The van der Waals surface area contributed by atoms with Crippen molar-refractivity contribution in [3.8, 4) is 5.75 Å². The van der Waals surface area contributed by atoms with Gasteiger partial charge in [-0.25, -0.2) is 14.4 Å². The third kappa shape index (κ3) is 7.45. The molecule has 3 rings (SSSR count). The van der Waals surface area contributed by atoms with Gasteiger partial charge in [0.05, 0.1) is 18.2 Å². The van der Waals surface area contributed by atoms with Crippen molar-refractivity contribution in [1.82, 2.24) is 5.32 Å². The number of benzene rings is 3. The van der Waals surface area contributed by atoms with Gasteiger partial charge in [-0.05, 0) is 54.6 Å². The van der Waals surface area contributed by atoms with E-state index in [4.69, 9.17) is 37.4 Å². The molecule has 192 valence electrons. The minimum Gasteiger partial charge on any atom is -0.496 e. The second kappa shape index (κ2) is 12.8. The smallest absolute Gasteiger partial charge is 0.349 e. The van der Waals surface area contributed by atoms with Crippen LogP contribution in [0, 0.1) is 0 Å². The summed E-state index contributed by atoms with van der Waals surface area (Å²) < 4.78 is 15.6. The second-order valence-electron chi connectivity index (χ2n) is 7.53. The van der Waals surface area contributed by atoms with Crippen LogP contribution in [0.15, 0.2) is 72.8 Å². The normalized spacial score (nSPS) is 12.1. The predicted molar refractivity (Wildman–Crippen MR) is 134 cm³/mol. The van der Waals surface area contributed by atoms with E-state index >= 15 is 0 Å². The molecule has 3 aromatic carbocycles. The van der Waals surface area contributed by atoms with Gasteiger partial charge in [0, 0.05) is 22.2 Å². The van der Waals surface area contributed by atoms with Gasteiger partial charge < -0.3 is 24.6 Å². The van der Waals surface area contributed by atoms with Gasteiger partial charge in [-0.3, -0.25) is 4.79 Å². The first-order chi connectivity index (χ1) is 17.7. The Labute approximate surface area is 221 Å². The number of esters is 2. The number of aliphatic carboxylic acids is 1. The summed E-state index contributed by atoms with van der Waals surface area (Å²) in [5.74, 6) is -4.33. The molecule has 0 aliphatic rings. The molecule has 0 unspecified atom stereocenters. The van der Waals surface area contributed by atoms with Crippen LogP contribution in [0.3, 0.4) is 0 Å². The number of nitrogens with one attached hydrogen (secondary N) is 1. The standard InChI is InChI=1S/C26H21Cl2NO8/c1-35-20-5-3-2-4-17(20)14-29-23(30)21(36-25(33)15-6-10-18(27)11-7-15)22(24(31)32)37-26(34)16-8-12-19(28)13-9-16/h2-13,21-22H,14H2,1H3,(H,29,30)(H,31,32)/t21-,22-/m0/s1. The molecule has 0 spiro atoms. The van der Waals surface area contributed by atoms with Gasteiger partial charge in [0.25, 0.3) is 5.91 Å². The van der Waals surface area contributed by atoms with Crippen LogP contribution >= 0.6 is 23.2 Å². The number of carboxylic acid groups (broad SMARTS) is 1. The molecule has 0 saturated carbocycles. The van der Waals surface area contributed by atoms with E-state index in [9.17, 15) is 24.3 Å². The van der Waals surface area contributed by atoms with Crippen LogP contribution in [-0.4, -0.2) is 48.2 Å². The third-order valence-corrected chi connectivity index (χ3v) is 5.55. The average Bonchev–Trinajstić information content (AvgIpc) is 2.89. The summed E-state index contributed by atoms with van der Waals surface area (Å²) in [7, 11) is 1.45. The minimum atomic E-state index is -2.17. The van der Waals surface area contributed by atoms with Gasteiger partial charge >= 0.3 is 17.9 Å². The first-order valence-corrected chi connectivity index (χ1v) is 11.5. The molecular formula is C26H21Cl2NO8. The maximum atomic E-state index is 13.1. The lowest BCUT2D eigenvalue weighted by Crippen LogP contribution is -2.50. The Balaban J connectivity index is 1.87. The fourth-order valence-electron chi connectivity index (χ4n) is 3.17. The Hall–Kier alpha value is -4.08. The van der Waals surface area contributed by atoms with E-state index in [1.165, 1.54) is 55.6 Å². The largest absolute Gasteiger partial charge is 0.496 e. The summed E-state index contributed by atoms with van der Waals surface area (Å²) in [6.45, 7) is -0.0880. The van der Waals surface area contributed by atoms with Crippen LogP contribution in [0.4, 0.5) is 0 Å². The lowest BCUT2D eigenvalue weighted by molar-refractivity contribution is -0.159. The van der Waals surface area contributed by atoms with E-state index < -0.39 is 36.0 Å². The lowest BCUT2D eigenvalue weighted by Gasteiger charge is -2.24. The van der Waals surface area contributed by atoms with Crippen molar-refractivity contribution in [3.05, 3.63) is 99.5 Å². The topological polar surface area (TPSA) is 128 Å². The number of carbonyl (C=O) groups is 4. The third-order valence-electron chi connectivity index (χ3n) is 5.05. The van der Waals surface area contributed by atoms with Crippen LogP contribution in [0.25, 0.3) is 0 Å². The summed E-state index contributed by atoms with van der Waals surface area (Å²) in [5, 5.41) is 13.0. The number of halogens is 2. The SMILES string of the molecule is COc1ccccc1CNC(=O)[C@@H](OC(=O)c1ccc(Cl)cc1)[C@H](OC(=O)c1ccc(Cl)cc1)C(=O)O. The predicted octanol–water partition coefficient (Wildman–Crippen LogP) is 4.15. The molecule has 0 saturated heterocycles. The van der Waals surface area contributed by atoms with E-state index in [1.54, 1.807) is 24.3 Å². The Morgan fingerprint density at radius 1 is 0.784 bits per heavy atom. The van der Waals surface area contributed by atoms with Gasteiger partial charge in [0.15, 0.2) is 0 Å². The summed E-state index contributed by atoms with van der Waals surface area (Å²) >= 11 is 11.7. The highest BCUT2D eigenvalue weighted by Crippen LogP contribution is 2.19. The highest BCUT2D eigenvalue weighted by Gasteiger charge is 2.41. The van der Waals surface area contributed by atoms with Crippen molar-refractivity contribution in [3.63, 3.8) is 0 Å². The number of carboxylic acids is 1. The van der Waals surface area contributed by atoms with Crippen LogP contribution in [-0.2, 0) is 25.6 Å². The molecule has 9 nitrogen and oxygen atoms in total. The van der Waals surface area contributed by atoms with Crippen molar-refractivity contribution < 1.29 is 38.5 Å². The quantitative estimate of drug-likeness (QED) is 0.363. The summed E-state index contributed by atoms with van der Waals surface area (Å²) in [6, 6.07) is 17.8. The van der Waals surface area contributed by atoms with Gasteiger partial charge in [-0.15, -0.1) is 0 Å². The van der Waals surface area contributed by atoms with Crippen LogP contribution in [0.5, 0.6) is 5.75 Å². The first-order valence-electron chi connectivity index (χ1n) is 10.7. The summed E-state index contributed by atoms with van der Waals surface area (Å²) in [4.78, 5) is 50.6. The van der Waals surface area contributed by atoms with Gasteiger partial charge in [0.1, 0.15) is 5.75 Å². The molecular weight excluding hydrogens is 525 g/mol. The highest BCUT2D eigenvalue weighted by molar-refractivity contribution is 6.31. The van der Waals surface area contributed by atoms with E-state index in [2.05, 4.69) is 5.32 Å². The number of ether oxygens (including phenoxy) is 3. The first kappa shape index (κ1) is 27.5. The number of rotatable bonds is 10. The molecule has 0 aromatic heterocycles. The summed E-state index contributed by atoms with van der Waals surface area (Å²) in [6.07, 6.45) is -4.20. The number of hydrogen-bond acceptors (Lipinski definition) is 7. The second-order valence-corrected chi connectivity index (χ2v) is 8.41. The van der Waals surface area contributed by atoms with Crippen molar-refractivity contribution in [2.75, 3.05) is 7.11 Å². The molecule has 3 aromatic rings. The van der Waals surface area contributed by atoms with E-state index in [-0.39, 0.29) is 17.7 Å². The molecule has 0 bridgehead atoms. The fraction of sp³-hybridized carbons (Fsp3) is 0.154. The van der Waals surface area contributed by atoms with Crippen LogP contribution in [0.1, 0.15) is 26.3 Å². The molecule has 1 amide bonds. The zero-order chi connectivity index (χ0) is 26.9. The molecule has 0 aliphatic carbocycles. The molecule has 0 fully saturated rings. The van der Waals surface area contributed by atoms with Crippen LogP contribution < -0.4 is 10.1 Å². The van der Waals surface area contributed by atoms with Crippen molar-refractivity contribution in [2.24, 2.45) is 0 Å². The number of carbonyl (C=O) groups excluding carboxylic acids is 3. The minimum absolute atomic E-state index is 0.0000881. The molecule has 0 heterocycles. The molecule has 0 radical (unpaired) electrons. The molecule has 0 aliphatic heterocycles. The van der Waals surface area contributed by atoms with Crippen molar-refractivity contribution in [2.45, 2.75) is 18.8 Å². The fourth-order valence-corrected chi connectivity index (χ4v) is 3.42.